The van der Waals surface area contributed by atoms with Gasteiger partial charge in [0.25, 0.3) is 0 Å². The van der Waals surface area contributed by atoms with Crippen LogP contribution in [0.4, 0.5) is 5.69 Å². The zero-order chi connectivity index (χ0) is 22.3. The Hall–Kier alpha value is -3.29. The minimum absolute atomic E-state index is 0.367. The lowest BCUT2D eigenvalue weighted by Gasteiger charge is -2.29. The van der Waals surface area contributed by atoms with Crippen molar-refractivity contribution in [2.24, 2.45) is 0 Å². The molecule has 1 aliphatic rings. The van der Waals surface area contributed by atoms with E-state index < -0.39 is 10.0 Å². The molecule has 0 saturated carbocycles. The second-order valence-electron chi connectivity index (χ2n) is 7.58. The molecule has 0 saturated heterocycles. The van der Waals surface area contributed by atoms with Gasteiger partial charge >= 0.3 is 0 Å². The third-order valence-electron chi connectivity index (χ3n) is 5.30. The molecule has 0 bridgehead atoms. The predicted octanol–water partition coefficient (Wildman–Crippen LogP) is 5.94. The Balaban J connectivity index is 1.65. The Bertz CT molecular complexity index is 1390. The maximum atomic E-state index is 11.8. The molecule has 5 rings (SSSR count). The summed E-state index contributed by atoms with van der Waals surface area (Å²) in [6.45, 7) is 0. The first-order chi connectivity index (χ1) is 15.4. The molecule has 32 heavy (non-hydrogen) atoms. The number of methoxy groups -OCH3 is 1. The molecule has 2 heterocycles. The monoisotopic (exact) mass is 463 g/mol. The van der Waals surface area contributed by atoms with Gasteiger partial charge < -0.3 is 9.47 Å². The van der Waals surface area contributed by atoms with Crippen molar-refractivity contribution in [3.8, 4) is 33.1 Å². The van der Waals surface area contributed by atoms with E-state index >= 15 is 0 Å². The highest BCUT2D eigenvalue weighted by Crippen LogP contribution is 2.50. The molecule has 0 fully saturated rings. The number of anilines is 1. The first-order valence-corrected chi connectivity index (χ1v) is 12.7. The summed E-state index contributed by atoms with van der Waals surface area (Å²) in [4.78, 5) is 2.18. The van der Waals surface area contributed by atoms with Crippen LogP contribution in [0.1, 0.15) is 16.5 Å². The van der Waals surface area contributed by atoms with Crippen molar-refractivity contribution in [1.82, 2.24) is 0 Å². The van der Waals surface area contributed by atoms with Gasteiger partial charge in [-0.1, -0.05) is 42.5 Å². The topological polar surface area (TPSA) is 64.6 Å². The predicted molar refractivity (Wildman–Crippen MR) is 129 cm³/mol. The van der Waals surface area contributed by atoms with Crippen molar-refractivity contribution in [2.75, 3.05) is 18.1 Å². The Kier molecular flexibility index (Phi) is 5.15. The summed E-state index contributed by atoms with van der Waals surface area (Å²) in [5.41, 5.74) is 4.36. The first-order valence-electron chi connectivity index (χ1n) is 10.0. The Morgan fingerprint density at radius 1 is 0.969 bits per heavy atom. The lowest BCUT2D eigenvalue weighted by molar-refractivity contribution is 0.246. The van der Waals surface area contributed by atoms with Crippen LogP contribution in [0.25, 0.3) is 21.6 Å². The lowest BCUT2D eigenvalue weighted by atomic mass is 9.91. The van der Waals surface area contributed by atoms with Crippen molar-refractivity contribution in [3.05, 3.63) is 89.3 Å². The fourth-order valence-corrected chi connectivity index (χ4v) is 5.60. The molecule has 7 heteroatoms. The summed E-state index contributed by atoms with van der Waals surface area (Å²) in [7, 11) is -1.77. The zero-order valence-electron chi connectivity index (χ0n) is 17.5. The summed E-state index contributed by atoms with van der Waals surface area (Å²) in [5.74, 6) is 1.45. The van der Waals surface area contributed by atoms with E-state index in [1.165, 1.54) is 0 Å². The molecule has 0 amide bonds. The standard InChI is InChI=1S/C25H21NO4S2/c1-29-20-9-6-10-21-24(20)18-12-11-17(26-32(2,27)28)15-19(18)25(30-21)23-14-13-22(31-23)16-7-4-3-5-8-16/h3-15,25-26H,1-2H3. The van der Waals surface area contributed by atoms with Gasteiger partial charge in [0, 0.05) is 16.1 Å². The fraction of sp³-hybridized carbons (Fsp3) is 0.120. The Labute approximate surface area is 191 Å². The van der Waals surface area contributed by atoms with Crippen molar-refractivity contribution in [1.29, 1.82) is 0 Å². The number of sulfonamides is 1. The van der Waals surface area contributed by atoms with E-state index in [0.29, 0.717) is 11.4 Å². The van der Waals surface area contributed by atoms with E-state index in [0.717, 1.165) is 44.0 Å². The van der Waals surface area contributed by atoms with Crippen molar-refractivity contribution in [3.63, 3.8) is 0 Å². The van der Waals surface area contributed by atoms with Gasteiger partial charge in [0.1, 0.15) is 11.5 Å². The number of rotatable bonds is 5. The van der Waals surface area contributed by atoms with Gasteiger partial charge in [0.15, 0.2) is 6.10 Å². The van der Waals surface area contributed by atoms with Gasteiger partial charge in [-0.05, 0) is 47.5 Å². The molecule has 0 aliphatic carbocycles. The minimum atomic E-state index is -3.40. The molecule has 1 atom stereocenters. The molecule has 1 unspecified atom stereocenters. The van der Waals surface area contributed by atoms with Gasteiger partial charge in [-0.3, -0.25) is 4.72 Å². The minimum Gasteiger partial charge on any atom is -0.496 e. The second kappa shape index (κ2) is 8.00. The number of ether oxygens (including phenoxy) is 2. The lowest BCUT2D eigenvalue weighted by Crippen LogP contribution is -2.16. The van der Waals surface area contributed by atoms with Crippen LogP contribution >= 0.6 is 11.3 Å². The Morgan fingerprint density at radius 2 is 1.78 bits per heavy atom. The molecule has 1 aromatic heterocycles. The van der Waals surface area contributed by atoms with Crippen LogP contribution in [0.2, 0.25) is 0 Å². The van der Waals surface area contributed by atoms with E-state index in [1.54, 1.807) is 24.5 Å². The highest BCUT2D eigenvalue weighted by atomic mass is 32.2. The third-order valence-corrected chi connectivity index (χ3v) is 7.09. The number of nitrogens with one attached hydrogen (secondary N) is 1. The van der Waals surface area contributed by atoms with Crippen LogP contribution in [0.5, 0.6) is 11.5 Å². The largest absolute Gasteiger partial charge is 0.496 e. The van der Waals surface area contributed by atoms with E-state index in [2.05, 4.69) is 29.0 Å². The Morgan fingerprint density at radius 3 is 2.53 bits per heavy atom. The molecule has 0 radical (unpaired) electrons. The quantitative estimate of drug-likeness (QED) is 0.398. The normalized spacial score (nSPS) is 14.8. The fourth-order valence-electron chi connectivity index (χ4n) is 3.98. The molecule has 1 aliphatic heterocycles. The summed E-state index contributed by atoms with van der Waals surface area (Å²) >= 11 is 1.66. The highest BCUT2D eigenvalue weighted by molar-refractivity contribution is 7.92. The van der Waals surface area contributed by atoms with Crippen molar-refractivity contribution < 1.29 is 17.9 Å². The van der Waals surface area contributed by atoms with Gasteiger partial charge in [0.2, 0.25) is 10.0 Å². The van der Waals surface area contributed by atoms with Crippen LogP contribution in [-0.4, -0.2) is 21.8 Å². The number of benzene rings is 3. The van der Waals surface area contributed by atoms with E-state index in [1.807, 2.05) is 48.5 Å². The number of fused-ring (bicyclic) bond motifs is 3. The van der Waals surface area contributed by atoms with Gasteiger partial charge in [-0.15, -0.1) is 11.3 Å². The molecular weight excluding hydrogens is 442 g/mol. The summed E-state index contributed by atoms with van der Waals surface area (Å²) in [6.07, 6.45) is 0.776. The number of hydrogen-bond donors (Lipinski definition) is 1. The van der Waals surface area contributed by atoms with Gasteiger partial charge in [0.05, 0.1) is 23.8 Å². The van der Waals surface area contributed by atoms with E-state index in [9.17, 15) is 8.42 Å². The molecule has 4 aromatic rings. The van der Waals surface area contributed by atoms with Crippen LogP contribution in [0.15, 0.2) is 78.9 Å². The third kappa shape index (κ3) is 3.85. The number of hydrogen-bond acceptors (Lipinski definition) is 5. The van der Waals surface area contributed by atoms with Crippen LogP contribution in [-0.2, 0) is 10.0 Å². The molecule has 162 valence electrons. The van der Waals surface area contributed by atoms with Crippen LogP contribution in [0.3, 0.4) is 0 Å². The average molecular weight is 464 g/mol. The maximum absolute atomic E-state index is 11.8. The van der Waals surface area contributed by atoms with E-state index in [4.69, 9.17) is 9.47 Å². The highest BCUT2D eigenvalue weighted by Gasteiger charge is 2.31. The average Bonchev–Trinajstić information content (AvgIpc) is 3.27. The van der Waals surface area contributed by atoms with Gasteiger partial charge in [-0.2, -0.15) is 0 Å². The van der Waals surface area contributed by atoms with Crippen molar-refractivity contribution in [2.45, 2.75) is 6.10 Å². The van der Waals surface area contributed by atoms with Crippen LogP contribution < -0.4 is 14.2 Å². The molecular formula is C25H21NO4S2. The van der Waals surface area contributed by atoms with E-state index in [-0.39, 0.29) is 6.10 Å². The first kappa shape index (κ1) is 20.6. The zero-order valence-corrected chi connectivity index (χ0v) is 19.2. The number of thiophene rings is 1. The molecule has 3 aromatic carbocycles. The molecule has 5 nitrogen and oxygen atoms in total. The smallest absolute Gasteiger partial charge is 0.229 e. The molecule has 1 N–H and O–H groups in total. The summed E-state index contributed by atoms with van der Waals surface area (Å²) in [5, 5.41) is 0. The molecule has 0 spiro atoms. The summed E-state index contributed by atoms with van der Waals surface area (Å²) in [6, 6.07) is 25.6. The van der Waals surface area contributed by atoms with Crippen LogP contribution in [0, 0.1) is 0 Å². The summed E-state index contributed by atoms with van der Waals surface area (Å²) < 4.78 is 38.3. The second-order valence-corrected chi connectivity index (χ2v) is 10.4. The SMILES string of the molecule is COc1cccc2c1-c1ccc(NS(C)(=O)=O)cc1C(c1ccc(-c3ccccc3)s1)O2. The van der Waals surface area contributed by atoms with Crippen molar-refractivity contribution >= 4 is 27.0 Å². The maximum Gasteiger partial charge on any atom is 0.229 e. The van der Waals surface area contributed by atoms with Gasteiger partial charge in [-0.25, -0.2) is 8.42 Å².